The summed E-state index contributed by atoms with van der Waals surface area (Å²) in [7, 11) is -3.88. The average molecular weight is 267 g/mol. The monoisotopic (exact) mass is 267 g/mol. The van der Waals surface area contributed by atoms with Gasteiger partial charge in [0.2, 0.25) is 20.9 Å². The van der Waals surface area contributed by atoms with Gasteiger partial charge < -0.3 is 4.90 Å². The van der Waals surface area contributed by atoms with E-state index in [0.29, 0.717) is 13.0 Å². The molecule has 0 saturated heterocycles. The lowest BCUT2D eigenvalue weighted by Gasteiger charge is -2.14. The molecule has 5 nitrogen and oxygen atoms in total. The maximum Gasteiger partial charge on any atom is 0.248 e. The van der Waals surface area contributed by atoms with E-state index < -0.39 is 15.0 Å². The van der Waals surface area contributed by atoms with Crippen LogP contribution in [0.25, 0.3) is 0 Å². The summed E-state index contributed by atoms with van der Waals surface area (Å²) in [4.78, 5) is 24.0. The van der Waals surface area contributed by atoms with Gasteiger partial charge in [-0.2, -0.15) is 0 Å². The number of sulfone groups is 1. The Bertz CT molecular complexity index is 633. The van der Waals surface area contributed by atoms with Crippen molar-refractivity contribution in [1.82, 2.24) is 0 Å². The highest BCUT2D eigenvalue weighted by molar-refractivity contribution is 8.06. The topological polar surface area (TPSA) is 71.5 Å². The van der Waals surface area contributed by atoms with Crippen LogP contribution in [0.1, 0.15) is 19.4 Å². The Morgan fingerprint density at radius 1 is 1.22 bits per heavy atom. The lowest BCUT2D eigenvalue weighted by atomic mass is 10.2. The molecule has 0 aliphatic carbocycles. The van der Waals surface area contributed by atoms with Crippen LogP contribution in [0.15, 0.2) is 23.1 Å². The zero-order chi connectivity index (χ0) is 13.5. The van der Waals surface area contributed by atoms with Crippen molar-refractivity contribution < 1.29 is 18.0 Å². The first-order chi connectivity index (χ1) is 8.34. The minimum atomic E-state index is -3.88. The predicted molar refractivity (Wildman–Crippen MR) is 66.0 cm³/mol. The minimum absolute atomic E-state index is 0.000785. The van der Waals surface area contributed by atoms with Gasteiger partial charge in [0, 0.05) is 26.1 Å². The summed E-state index contributed by atoms with van der Waals surface area (Å²) in [6.07, 6.45) is 0.607. The summed E-state index contributed by atoms with van der Waals surface area (Å²) in [6, 6.07) is 4.44. The molecule has 0 N–H and O–H groups in total. The maximum absolute atomic E-state index is 11.7. The van der Waals surface area contributed by atoms with Crippen LogP contribution in [0.3, 0.4) is 0 Å². The van der Waals surface area contributed by atoms with Crippen molar-refractivity contribution in [2.45, 2.75) is 25.2 Å². The van der Waals surface area contributed by atoms with E-state index in [4.69, 9.17) is 0 Å². The van der Waals surface area contributed by atoms with E-state index in [1.54, 1.807) is 11.0 Å². The van der Waals surface area contributed by atoms with E-state index in [1.807, 2.05) is 0 Å². The van der Waals surface area contributed by atoms with Gasteiger partial charge in [0.25, 0.3) is 0 Å². The third-order valence-electron chi connectivity index (χ3n) is 3.02. The van der Waals surface area contributed by atoms with E-state index in [9.17, 15) is 18.0 Å². The Balaban J connectivity index is 2.49. The maximum atomic E-state index is 11.7. The van der Waals surface area contributed by atoms with Crippen LogP contribution in [-0.2, 0) is 25.8 Å². The van der Waals surface area contributed by atoms with E-state index in [-0.39, 0.29) is 10.8 Å². The van der Waals surface area contributed by atoms with Crippen LogP contribution in [0, 0.1) is 0 Å². The number of fused-ring (bicyclic) bond motifs is 1. The number of amides is 1. The second-order valence-electron chi connectivity index (χ2n) is 4.21. The number of hydrogen-bond acceptors (Lipinski definition) is 4. The van der Waals surface area contributed by atoms with Crippen LogP contribution < -0.4 is 4.90 Å². The highest BCUT2D eigenvalue weighted by Crippen LogP contribution is 2.30. The molecule has 6 heteroatoms. The molecular weight excluding hydrogens is 254 g/mol. The summed E-state index contributed by atoms with van der Waals surface area (Å²) >= 11 is 0. The van der Waals surface area contributed by atoms with E-state index in [1.165, 1.54) is 19.1 Å². The molecular formula is C12H13NO4S. The second-order valence-corrected chi connectivity index (χ2v) is 6.26. The largest absolute Gasteiger partial charge is 0.312 e. The van der Waals surface area contributed by atoms with Crippen molar-refractivity contribution >= 4 is 26.5 Å². The van der Waals surface area contributed by atoms with Crippen LogP contribution in [0.2, 0.25) is 0 Å². The van der Waals surface area contributed by atoms with Crippen molar-refractivity contribution in [3.8, 4) is 0 Å². The summed E-state index contributed by atoms with van der Waals surface area (Å²) < 4.78 is 23.4. The molecule has 1 aromatic carbocycles. The van der Waals surface area contributed by atoms with Crippen molar-refractivity contribution in [2.24, 2.45) is 0 Å². The summed E-state index contributed by atoms with van der Waals surface area (Å²) in [5, 5.41) is -0.871. The number of anilines is 1. The van der Waals surface area contributed by atoms with Gasteiger partial charge in [-0.15, -0.1) is 0 Å². The number of benzene rings is 1. The summed E-state index contributed by atoms with van der Waals surface area (Å²) in [6.45, 7) is 3.05. The molecule has 0 spiro atoms. The third kappa shape index (κ3) is 1.92. The Labute approximate surface area is 105 Å². The predicted octanol–water partition coefficient (Wildman–Crippen LogP) is 0.916. The van der Waals surface area contributed by atoms with Gasteiger partial charge >= 0.3 is 0 Å². The first-order valence-electron chi connectivity index (χ1n) is 5.50. The van der Waals surface area contributed by atoms with Crippen molar-refractivity contribution in [1.29, 1.82) is 0 Å². The highest BCUT2D eigenvalue weighted by atomic mass is 32.2. The van der Waals surface area contributed by atoms with Crippen molar-refractivity contribution in [2.75, 3.05) is 11.4 Å². The number of rotatable bonds is 1. The van der Waals surface area contributed by atoms with Crippen LogP contribution in [-0.4, -0.2) is 26.0 Å². The Morgan fingerprint density at radius 2 is 1.89 bits per heavy atom. The molecule has 1 aliphatic heterocycles. The van der Waals surface area contributed by atoms with Gasteiger partial charge in [-0.05, 0) is 30.2 Å². The zero-order valence-corrected chi connectivity index (χ0v) is 11.0. The summed E-state index contributed by atoms with van der Waals surface area (Å²) in [5.41, 5.74) is 1.51. The Morgan fingerprint density at radius 3 is 2.44 bits per heavy atom. The van der Waals surface area contributed by atoms with Gasteiger partial charge in [0.15, 0.2) is 0 Å². The van der Waals surface area contributed by atoms with E-state index in [0.717, 1.165) is 18.2 Å². The molecule has 96 valence electrons. The average Bonchev–Trinajstić information content (AvgIpc) is 2.71. The quantitative estimate of drug-likeness (QED) is 0.758. The number of hydrogen-bond donors (Lipinski definition) is 0. The molecule has 0 bridgehead atoms. The fourth-order valence-corrected chi connectivity index (χ4v) is 2.91. The summed E-state index contributed by atoms with van der Waals surface area (Å²) in [5.74, 6) is -0.0732. The molecule has 1 amide bonds. The van der Waals surface area contributed by atoms with Crippen LogP contribution in [0.5, 0.6) is 0 Å². The molecule has 1 heterocycles. The molecule has 0 atom stereocenters. The molecule has 1 aliphatic rings. The fourth-order valence-electron chi connectivity index (χ4n) is 2.04. The Kier molecular flexibility index (Phi) is 2.98. The minimum Gasteiger partial charge on any atom is -0.312 e. The molecule has 0 aromatic heterocycles. The first kappa shape index (κ1) is 12.8. The molecule has 18 heavy (non-hydrogen) atoms. The molecule has 0 fully saturated rings. The highest BCUT2D eigenvalue weighted by Gasteiger charge is 2.26. The van der Waals surface area contributed by atoms with Gasteiger partial charge in [0.1, 0.15) is 0 Å². The molecule has 0 unspecified atom stereocenters. The zero-order valence-electron chi connectivity index (χ0n) is 10.1. The standard InChI is InChI=1S/C12H13NO4S/c1-8(14)13-6-5-10-7-11(3-4-12(10)13)18(16,17)9(2)15/h3-4,7H,5-6H2,1-2H3. The molecule has 1 aromatic rings. The second kappa shape index (κ2) is 4.20. The van der Waals surface area contributed by atoms with Crippen molar-refractivity contribution in [3.05, 3.63) is 23.8 Å². The van der Waals surface area contributed by atoms with E-state index in [2.05, 4.69) is 0 Å². The molecule has 0 saturated carbocycles. The first-order valence-corrected chi connectivity index (χ1v) is 6.99. The lowest BCUT2D eigenvalue weighted by Crippen LogP contribution is -2.25. The number of carbonyl (C=O) groups excluding carboxylic acids is 2. The SMILES string of the molecule is CC(=O)N1CCc2cc(S(=O)(=O)C(C)=O)ccc21. The van der Waals surface area contributed by atoms with Crippen molar-refractivity contribution in [3.63, 3.8) is 0 Å². The van der Waals surface area contributed by atoms with Crippen LogP contribution >= 0.6 is 0 Å². The molecule has 0 radical (unpaired) electrons. The van der Waals surface area contributed by atoms with E-state index >= 15 is 0 Å². The normalized spacial score (nSPS) is 14.4. The third-order valence-corrected chi connectivity index (χ3v) is 4.65. The molecule has 2 rings (SSSR count). The fraction of sp³-hybridized carbons (Fsp3) is 0.333. The number of carbonyl (C=O) groups is 2. The van der Waals surface area contributed by atoms with Gasteiger partial charge in [-0.25, -0.2) is 8.42 Å². The number of nitrogens with zero attached hydrogens (tertiary/aromatic N) is 1. The Hall–Kier alpha value is -1.69. The van der Waals surface area contributed by atoms with Crippen LogP contribution in [0.4, 0.5) is 5.69 Å². The van der Waals surface area contributed by atoms with Gasteiger partial charge in [0.05, 0.1) is 4.90 Å². The van der Waals surface area contributed by atoms with Gasteiger partial charge in [-0.3, -0.25) is 9.59 Å². The smallest absolute Gasteiger partial charge is 0.248 e. The van der Waals surface area contributed by atoms with Gasteiger partial charge in [-0.1, -0.05) is 0 Å². The lowest BCUT2D eigenvalue weighted by molar-refractivity contribution is -0.116.